The highest BCUT2D eigenvalue weighted by Crippen LogP contribution is 2.20. The summed E-state index contributed by atoms with van der Waals surface area (Å²) in [5, 5.41) is 11.5. The van der Waals surface area contributed by atoms with Gasteiger partial charge >= 0.3 is 0 Å². The third-order valence-electron chi connectivity index (χ3n) is 5.63. The molecule has 1 aliphatic rings. The molecule has 8 heteroatoms. The molecule has 0 spiro atoms. The van der Waals surface area contributed by atoms with Gasteiger partial charge in [0.1, 0.15) is 0 Å². The summed E-state index contributed by atoms with van der Waals surface area (Å²) in [6.45, 7) is 12.3. The fourth-order valence-corrected chi connectivity index (χ4v) is 4.73. The van der Waals surface area contributed by atoms with Crippen LogP contribution >= 0.6 is 35.7 Å². The van der Waals surface area contributed by atoms with Crippen LogP contribution in [0.15, 0.2) is 29.3 Å². The molecule has 6 nitrogen and oxygen atoms in total. The van der Waals surface area contributed by atoms with E-state index < -0.39 is 0 Å². The summed E-state index contributed by atoms with van der Waals surface area (Å²) < 4.78 is 1.96. The molecule has 0 amide bonds. The van der Waals surface area contributed by atoms with Crippen molar-refractivity contribution in [2.24, 2.45) is 12.0 Å². The zero-order valence-electron chi connectivity index (χ0n) is 19.4. The second kappa shape index (κ2) is 12.6. The number of guanidine groups is 1. The van der Waals surface area contributed by atoms with Gasteiger partial charge in [0.25, 0.3) is 0 Å². The number of hydrogen-bond donors (Lipinski definition) is 2. The monoisotopic (exact) mass is 556 g/mol. The first-order valence-corrected chi connectivity index (χ1v) is 12.1. The predicted molar refractivity (Wildman–Crippen MR) is 145 cm³/mol. The summed E-state index contributed by atoms with van der Waals surface area (Å²) in [5.74, 6) is 3.31. The Bertz CT molecular complexity index is 842. The van der Waals surface area contributed by atoms with E-state index in [1.54, 1.807) is 0 Å². The molecule has 1 aromatic heterocycles. The number of anilines is 1. The number of benzene rings is 1. The average molecular weight is 557 g/mol. The van der Waals surface area contributed by atoms with Gasteiger partial charge in [0.15, 0.2) is 5.96 Å². The van der Waals surface area contributed by atoms with Crippen molar-refractivity contribution >= 4 is 47.4 Å². The molecule has 31 heavy (non-hydrogen) atoms. The van der Waals surface area contributed by atoms with E-state index in [2.05, 4.69) is 72.6 Å². The Hall–Kier alpha value is -1.42. The lowest BCUT2D eigenvalue weighted by Gasteiger charge is -2.28. The number of rotatable bonds is 7. The molecular formula is C23H37IN6S. The van der Waals surface area contributed by atoms with Gasteiger partial charge in [0.05, 0.1) is 12.2 Å². The van der Waals surface area contributed by atoms with Crippen LogP contribution in [-0.2, 0) is 20.0 Å². The van der Waals surface area contributed by atoms with Crippen molar-refractivity contribution in [3.8, 4) is 0 Å². The molecule has 1 aromatic carbocycles. The van der Waals surface area contributed by atoms with E-state index in [0.29, 0.717) is 6.54 Å². The number of nitrogens with one attached hydrogen (secondary N) is 2. The summed E-state index contributed by atoms with van der Waals surface area (Å²) in [5.41, 5.74) is 6.21. The van der Waals surface area contributed by atoms with Crippen LogP contribution in [0, 0.1) is 13.8 Å². The highest BCUT2D eigenvalue weighted by molar-refractivity contribution is 14.0. The van der Waals surface area contributed by atoms with Crippen LogP contribution in [-0.4, -0.2) is 52.9 Å². The summed E-state index contributed by atoms with van der Waals surface area (Å²) in [6, 6.07) is 9.14. The molecule has 0 radical (unpaired) electrons. The van der Waals surface area contributed by atoms with Crippen molar-refractivity contribution in [1.82, 2.24) is 20.4 Å². The minimum Gasteiger partial charge on any atom is -0.370 e. The van der Waals surface area contributed by atoms with Crippen LogP contribution < -0.4 is 15.5 Å². The average Bonchev–Trinajstić information content (AvgIpc) is 2.99. The molecule has 1 aliphatic heterocycles. The number of hydrogen-bond acceptors (Lipinski definition) is 4. The number of aliphatic imine (C=N–C) groups is 1. The highest BCUT2D eigenvalue weighted by atomic mass is 127. The van der Waals surface area contributed by atoms with Crippen molar-refractivity contribution < 1.29 is 0 Å². The molecule has 2 aromatic rings. The zero-order chi connectivity index (χ0) is 21.5. The number of thioether (sulfide) groups is 1. The second-order valence-electron chi connectivity index (χ2n) is 7.98. The van der Waals surface area contributed by atoms with Crippen molar-refractivity contribution in [3.05, 3.63) is 46.8 Å². The van der Waals surface area contributed by atoms with E-state index in [9.17, 15) is 0 Å². The predicted octanol–water partition coefficient (Wildman–Crippen LogP) is 3.89. The Labute approximate surface area is 208 Å². The molecule has 1 unspecified atom stereocenters. The van der Waals surface area contributed by atoms with Crippen LogP contribution in [0.2, 0.25) is 0 Å². The van der Waals surface area contributed by atoms with E-state index >= 15 is 0 Å². The molecule has 1 atom stereocenters. The summed E-state index contributed by atoms with van der Waals surface area (Å²) in [7, 11) is 2.00. The standard InChI is InChI=1S/C23H36N6S.HI/c1-6-24-23(26-17(2)15-22-18(3)27-28(5)19(22)4)25-16-20-7-9-21(10-8-20)29-11-13-30-14-12-29;/h7-10,17H,6,11-16H2,1-5H3,(H2,24,25,26);1H. The Morgan fingerprint density at radius 2 is 1.87 bits per heavy atom. The Kier molecular flexibility index (Phi) is 10.5. The van der Waals surface area contributed by atoms with Crippen molar-refractivity contribution in [3.63, 3.8) is 0 Å². The van der Waals surface area contributed by atoms with Crippen molar-refractivity contribution in [2.75, 3.05) is 36.0 Å². The van der Waals surface area contributed by atoms with Gasteiger partial charge in [-0.2, -0.15) is 16.9 Å². The normalized spacial score (nSPS) is 15.4. The molecule has 0 saturated carbocycles. The topological polar surface area (TPSA) is 57.5 Å². The first-order chi connectivity index (χ1) is 14.5. The quantitative estimate of drug-likeness (QED) is 0.308. The third-order valence-corrected chi connectivity index (χ3v) is 6.57. The lowest BCUT2D eigenvalue weighted by atomic mass is 10.1. The van der Waals surface area contributed by atoms with Gasteiger partial charge < -0.3 is 15.5 Å². The maximum atomic E-state index is 4.81. The number of nitrogens with zero attached hydrogens (tertiary/aromatic N) is 4. The van der Waals surface area contributed by atoms with Crippen LogP contribution in [0.25, 0.3) is 0 Å². The lowest BCUT2D eigenvalue weighted by molar-refractivity contribution is 0.636. The van der Waals surface area contributed by atoms with E-state index in [1.165, 1.54) is 34.0 Å². The molecule has 172 valence electrons. The lowest BCUT2D eigenvalue weighted by Crippen LogP contribution is -2.43. The van der Waals surface area contributed by atoms with Gasteiger partial charge in [0, 0.05) is 55.6 Å². The summed E-state index contributed by atoms with van der Waals surface area (Å²) in [6.07, 6.45) is 0.929. The molecular weight excluding hydrogens is 519 g/mol. The SMILES string of the molecule is CCNC(=NCc1ccc(N2CCSCC2)cc1)NC(C)Cc1c(C)nn(C)c1C.I. The largest absolute Gasteiger partial charge is 0.370 e. The highest BCUT2D eigenvalue weighted by Gasteiger charge is 2.14. The van der Waals surface area contributed by atoms with Gasteiger partial charge in [-0.1, -0.05) is 12.1 Å². The maximum absolute atomic E-state index is 4.81. The van der Waals surface area contributed by atoms with E-state index in [4.69, 9.17) is 4.99 Å². The van der Waals surface area contributed by atoms with Gasteiger partial charge in [0.2, 0.25) is 0 Å². The van der Waals surface area contributed by atoms with Crippen LogP contribution in [0.5, 0.6) is 0 Å². The van der Waals surface area contributed by atoms with Crippen LogP contribution in [0.3, 0.4) is 0 Å². The first kappa shape index (κ1) is 25.8. The fourth-order valence-electron chi connectivity index (χ4n) is 3.83. The van der Waals surface area contributed by atoms with E-state index in [-0.39, 0.29) is 30.0 Å². The van der Waals surface area contributed by atoms with Crippen LogP contribution in [0.4, 0.5) is 5.69 Å². The summed E-state index contributed by atoms with van der Waals surface area (Å²) >= 11 is 2.04. The Morgan fingerprint density at radius 1 is 1.19 bits per heavy atom. The third kappa shape index (κ3) is 7.30. The number of aryl methyl sites for hydroxylation is 2. The van der Waals surface area contributed by atoms with E-state index in [0.717, 1.165) is 37.7 Å². The molecule has 1 fully saturated rings. The van der Waals surface area contributed by atoms with Gasteiger partial charge in [-0.25, -0.2) is 4.99 Å². The molecule has 2 N–H and O–H groups in total. The maximum Gasteiger partial charge on any atom is 0.191 e. The molecule has 2 heterocycles. The smallest absolute Gasteiger partial charge is 0.191 e. The van der Waals surface area contributed by atoms with Gasteiger partial charge in [-0.15, -0.1) is 24.0 Å². The van der Waals surface area contributed by atoms with E-state index in [1.807, 2.05) is 23.5 Å². The minimum absolute atomic E-state index is 0. The van der Waals surface area contributed by atoms with Crippen molar-refractivity contribution in [2.45, 2.75) is 46.7 Å². The Morgan fingerprint density at radius 3 is 2.45 bits per heavy atom. The molecule has 1 saturated heterocycles. The molecule has 0 aliphatic carbocycles. The minimum atomic E-state index is 0. The van der Waals surface area contributed by atoms with Gasteiger partial charge in [-0.3, -0.25) is 4.68 Å². The van der Waals surface area contributed by atoms with Crippen LogP contribution in [0.1, 0.15) is 36.4 Å². The Balaban J connectivity index is 0.00000341. The zero-order valence-corrected chi connectivity index (χ0v) is 22.6. The second-order valence-corrected chi connectivity index (χ2v) is 9.21. The first-order valence-electron chi connectivity index (χ1n) is 10.9. The number of halogens is 1. The molecule has 3 rings (SSSR count). The summed E-state index contributed by atoms with van der Waals surface area (Å²) in [4.78, 5) is 7.29. The van der Waals surface area contributed by atoms with Crippen molar-refractivity contribution in [1.29, 1.82) is 0 Å². The van der Waals surface area contributed by atoms with Gasteiger partial charge in [-0.05, 0) is 57.4 Å². The fraction of sp³-hybridized carbons (Fsp3) is 0.565. The molecule has 0 bridgehead atoms. The number of aromatic nitrogens is 2.